The molecule has 0 aliphatic rings. The first kappa shape index (κ1) is 30.6. The number of Topliss-reactive ketones (excluding diaryl/α,β-unsaturated/α-hetero) is 1. The number of ketones is 1. The van der Waals surface area contributed by atoms with Gasteiger partial charge in [-0.15, -0.1) is 0 Å². The van der Waals surface area contributed by atoms with Crippen LogP contribution in [0.25, 0.3) is 0 Å². The zero-order valence-corrected chi connectivity index (χ0v) is 24.0. The van der Waals surface area contributed by atoms with Crippen LogP contribution in [-0.4, -0.2) is 56.3 Å². The Kier molecular flexibility index (Phi) is 11.0. The largest absolute Gasteiger partial charge is 0.354 e. The second-order valence-corrected chi connectivity index (χ2v) is 11.9. The number of hydrogen-bond acceptors (Lipinski definition) is 5. The summed E-state index contributed by atoms with van der Waals surface area (Å²) in [6.07, 6.45) is 1.25. The first-order valence-corrected chi connectivity index (χ1v) is 14.4. The number of benzene rings is 2. The summed E-state index contributed by atoms with van der Waals surface area (Å²) in [6, 6.07) is 10.0. The van der Waals surface area contributed by atoms with Gasteiger partial charge in [-0.3, -0.25) is 18.7 Å². The molecule has 0 unspecified atom stereocenters. The zero-order chi connectivity index (χ0) is 27.9. The summed E-state index contributed by atoms with van der Waals surface area (Å²) in [6.45, 7) is 6.76. The molecule has 0 saturated heterocycles. The molecule has 0 fully saturated rings. The fraction of sp³-hybridized carbons (Fsp3) is 0.423. The van der Waals surface area contributed by atoms with Crippen LogP contribution in [0.5, 0.6) is 0 Å². The van der Waals surface area contributed by atoms with Crippen LogP contribution < -0.4 is 9.62 Å². The first-order chi connectivity index (χ1) is 17.3. The molecule has 2 aromatic carbocycles. The third-order valence-corrected chi connectivity index (χ3v) is 7.53. The Balaban J connectivity index is 2.52. The summed E-state index contributed by atoms with van der Waals surface area (Å²) >= 11 is 12.7. The lowest BCUT2D eigenvalue weighted by Gasteiger charge is -2.33. The number of nitrogens with zero attached hydrogens (tertiary/aromatic N) is 2. The highest BCUT2D eigenvalue weighted by Gasteiger charge is 2.32. The van der Waals surface area contributed by atoms with Gasteiger partial charge in [-0.1, -0.05) is 62.2 Å². The molecule has 8 nitrogen and oxygen atoms in total. The predicted octanol–water partition coefficient (Wildman–Crippen LogP) is 4.54. The molecule has 0 heterocycles. The fourth-order valence-corrected chi connectivity index (χ4v) is 5.05. The standard InChI is InChI=1S/C26H33Cl2N3O5S/c1-6-24(26(34)29-14-17(2)3)30(15-21-22(27)11-8-12-23(21)28)25(33)16-31(37(5,35)36)20-10-7-9-19(13-20)18(4)32/h7-13,17,24H,6,14-16H2,1-5H3,(H,29,34)/t24-/m0/s1. The molecule has 202 valence electrons. The predicted molar refractivity (Wildman–Crippen MR) is 148 cm³/mol. The van der Waals surface area contributed by atoms with Crippen LogP contribution in [0.1, 0.15) is 50.0 Å². The van der Waals surface area contributed by atoms with Crippen molar-refractivity contribution in [1.29, 1.82) is 0 Å². The van der Waals surface area contributed by atoms with Crippen molar-refractivity contribution in [2.24, 2.45) is 5.92 Å². The summed E-state index contributed by atoms with van der Waals surface area (Å²) in [5.41, 5.74) is 0.910. The minimum atomic E-state index is -3.93. The van der Waals surface area contributed by atoms with Gasteiger partial charge in [0.05, 0.1) is 11.9 Å². The smallest absolute Gasteiger partial charge is 0.244 e. The minimum absolute atomic E-state index is 0.101. The zero-order valence-electron chi connectivity index (χ0n) is 21.6. The third kappa shape index (κ3) is 8.45. The Morgan fingerprint density at radius 3 is 2.14 bits per heavy atom. The van der Waals surface area contributed by atoms with Gasteiger partial charge in [0, 0.05) is 34.3 Å². The van der Waals surface area contributed by atoms with Crippen LogP contribution >= 0.6 is 23.2 Å². The van der Waals surface area contributed by atoms with E-state index < -0.39 is 28.5 Å². The second-order valence-electron chi connectivity index (χ2n) is 9.16. The Morgan fingerprint density at radius 1 is 1.03 bits per heavy atom. The lowest BCUT2D eigenvalue weighted by Crippen LogP contribution is -2.52. The molecule has 0 bridgehead atoms. The average Bonchev–Trinajstić information content (AvgIpc) is 2.81. The molecule has 0 saturated carbocycles. The van der Waals surface area contributed by atoms with E-state index in [-0.39, 0.29) is 36.3 Å². The van der Waals surface area contributed by atoms with Crippen molar-refractivity contribution in [3.63, 3.8) is 0 Å². The molecule has 11 heteroatoms. The van der Waals surface area contributed by atoms with Crippen molar-refractivity contribution in [3.05, 3.63) is 63.6 Å². The summed E-state index contributed by atoms with van der Waals surface area (Å²) in [4.78, 5) is 40.0. The minimum Gasteiger partial charge on any atom is -0.354 e. The Hall–Kier alpha value is -2.62. The summed E-state index contributed by atoms with van der Waals surface area (Å²) in [5.74, 6) is -1.04. The number of nitrogens with one attached hydrogen (secondary N) is 1. The van der Waals surface area contributed by atoms with Gasteiger partial charge in [-0.25, -0.2) is 8.42 Å². The molecule has 37 heavy (non-hydrogen) atoms. The van der Waals surface area contributed by atoms with Gasteiger partial charge in [0.1, 0.15) is 12.6 Å². The van der Waals surface area contributed by atoms with Gasteiger partial charge in [0.25, 0.3) is 0 Å². The molecule has 0 radical (unpaired) electrons. The van der Waals surface area contributed by atoms with E-state index in [9.17, 15) is 22.8 Å². The van der Waals surface area contributed by atoms with E-state index in [0.717, 1.165) is 10.6 Å². The fourth-order valence-electron chi connectivity index (χ4n) is 3.69. The summed E-state index contributed by atoms with van der Waals surface area (Å²) in [7, 11) is -3.93. The third-order valence-electron chi connectivity index (χ3n) is 5.68. The Bertz CT molecular complexity index is 1230. The van der Waals surface area contributed by atoms with E-state index in [0.29, 0.717) is 27.7 Å². The molecule has 0 aliphatic carbocycles. The van der Waals surface area contributed by atoms with E-state index in [4.69, 9.17) is 23.2 Å². The molecule has 1 N–H and O–H groups in total. The van der Waals surface area contributed by atoms with E-state index in [1.807, 2.05) is 13.8 Å². The van der Waals surface area contributed by atoms with E-state index in [1.165, 1.54) is 24.0 Å². The van der Waals surface area contributed by atoms with Gasteiger partial charge in [0.15, 0.2) is 5.78 Å². The van der Waals surface area contributed by atoms with Crippen LogP contribution in [0.4, 0.5) is 5.69 Å². The van der Waals surface area contributed by atoms with Crippen LogP contribution in [-0.2, 0) is 26.2 Å². The van der Waals surface area contributed by atoms with Crippen molar-refractivity contribution < 1.29 is 22.8 Å². The molecular formula is C26H33Cl2N3O5S. The number of carbonyl (C=O) groups excluding carboxylic acids is 3. The quantitative estimate of drug-likeness (QED) is 0.378. The lowest BCUT2D eigenvalue weighted by atomic mass is 10.1. The highest BCUT2D eigenvalue weighted by atomic mass is 35.5. The number of halogens is 2. The average molecular weight is 571 g/mol. The highest BCUT2D eigenvalue weighted by molar-refractivity contribution is 7.92. The molecular weight excluding hydrogens is 537 g/mol. The monoisotopic (exact) mass is 569 g/mol. The van der Waals surface area contributed by atoms with Crippen LogP contribution in [0.2, 0.25) is 10.0 Å². The molecule has 0 aromatic heterocycles. The van der Waals surface area contributed by atoms with Crippen molar-refractivity contribution in [1.82, 2.24) is 10.2 Å². The lowest BCUT2D eigenvalue weighted by molar-refractivity contribution is -0.140. The second kappa shape index (κ2) is 13.3. The van der Waals surface area contributed by atoms with Crippen LogP contribution in [0, 0.1) is 5.92 Å². The van der Waals surface area contributed by atoms with Gasteiger partial charge < -0.3 is 10.2 Å². The summed E-state index contributed by atoms with van der Waals surface area (Å²) < 4.78 is 26.4. The Labute approximate surface area is 229 Å². The maximum Gasteiger partial charge on any atom is 0.244 e. The molecule has 2 rings (SSSR count). The topological polar surface area (TPSA) is 104 Å². The number of rotatable bonds is 12. The normalized spacial score (nSPS) is 12.2. The molecule has 2 aromatic rings. The number of anilines is 1. The van der Waals surface area contributed by atoms with Crippen LogP contribution in [0.15, 0.2) is 42.5 Å². The SMILES string of the molecule is CC[C@@H](C(=O)NCC(C)C)N(Cc1c(Cl)cccc1Cl)C(=O)CN(c1cccc(C(C)=O)c1)S(C)(=O)=O. The molecule has 0 aliphatic heterocycles. The first-order valence-electron chi connectivity index (χ1n) is 11.8. The van der Waals surface area contributed by atoms with Gasteiger partial charge >= 0.3 is 0 Å². The van der Waals surface area contributed by atoms with E-state index in [1.54, 1.807) is 37.3 Å². The molecule has 1 atom stereocenters. The highest BCUT2D eigenvalue weighted by Crippen LogP contribution is 2.28. The molecule has 0 spiro atoms. The van der Waals surface area contributed by atoms with Crippen molar-refractivity contribution in [3.8, 4) is 0 Å². The van der Waals surface area contributed by atoms with E-state index >= 15 is 0 Å². The number of sulfonamides is 1. The van der Waals surface area contributed by atoms with Crippen molar-refractivity contribution in [2.45, 2.75) is 46.7 Å². The Morgan fingerprint density at radius 2 is 1.62 bits per heavy atom. The van der Waals surface area contributed by atoms with Crippen LogP contribution in [0.3, 0.4) is 0 Å². The van der Waals surface area contributed by atoms with Gasteiger partial charge in [-0.05, 0) is 43.5 Å². The van der Waals surface area contributed by atoms with Crippen molar-refractivity contribution in [2.75, 3.05) is 23.7 Å². The number of carbonyl (C=O) groups is 3. The van der Waals surface area contributed by atoms with Gasteiger partial charge in [0.2, 0.25) is 21.8 Å². The summed E-state index contributed by atoms with van der Waals surface area (Å²) in [5, 5.41) is 3.48. The maximum atomic E-state index is 13.7. The number of amides is 2. The maximum absolute atomic E-state index is 13.7. The van der Waals surface area contributed by atoms with E-state index in [2.05, 4.69) is 5.32 Å². The molecule has 2 amide bonds. The number of hydrogen-bond donors (Lipinski definition) is 1. The van der Waals surface area contributed by atoms with Gasteiger partial charge in [-0.2, -0.15) is 0 Å². The van der Waals surface area contributed by atoms with Crippen molar-refractivity contribution >= 4 is 56.5 Å².